The van der Waals surface area contributed by atoms with Gasteiger partial charge in [0.25, 0.3) is 0 Å². The van der Waals surface area contributed by atoms with Crippen LogP contribution in [0.25, 0.3) is 10.9 Å². The van der Waals surface area contributed by atoms with Crippen LogP contribution in [0, 0.1) is 5.92 Å². The van der Waals surface area contributed by atoms with Gasteiger partial charge < -0.3 is 15.1 Å². The second kappa shape index (κ2) is 5.48. The minimum absolute atomic E-state index is 0.566. The van der Waals surface area contributed by atoms with Gasteiger partial charge >= 0.3 is 0 Å². The maximum absolute atomic E-state index is 4.71. The monoisotopic (exact) mass is 285 g/mol. The molecule has 0 bridgehead atoms. The number of para-hydroxylation sites is 1. The average Bonchev–Trinajstić information content (AvgIpc) is 2.88. The largest absolute Gasteiger partial charge is 0.357 e. The number of fused-ring (bicyclic) bond motifs is 1. The molecule has 1 fully saturated rings. The van der Waals surface area contributed by atoms with Gasteiger partial charge in [0.2, 0.25) is 5.95 Å². The predicted octanol–water partition coefficient (Wildman–Crippen LogP) is 2.06. The lowest BCUT2D eigenvalue weighted by Crippen LogP contribution is -2.34. The summed E-state index contributed by atoms with van der Waals surface area (Å²) in [6.07, 6.45) is 0. The van der Waals surface area contributed by atoms with Crippen LogP contribution in [0.3, 0.4) is 0 Å². The van der Waals surface area contributed by atoms with E-state index in [1.807, 2.05) is 19.2 Å². The zero-order chi connectivity index (χ0) is 15.0. The van der Waals surface area contributed by atoms with Gasteiger partial charge in [-0.05, 0) is 32.1 Å². The van der Waals surface area contributed by atoms with Gasteiger partial charge in [-0.3, -0.25) is 0 Å². The van der Waals surface area contributed by atoms with E-state index >= 15 is 0 Å². The first kappa shape index (κ1) is 14.1. The zero-order valence-electron chi connectivity index (χ0n) is 13.2. The standard InChI is InChI=1S/C16H23N5/c1-11-9-21(10-14(11)20(3)4)15-12-7-5-6-8-13(12)18-16(17-2)19-15/h5-8,11,14H,9-10H2,1-4H3,(H,17,18,19). The highest BCUT2D eigenvalue weighted by atomic mass is 15.3. The first-order valence-electron chi connectivity index (χ1n) is 7.46. The maximum atomic E-state index is 4.71. The summed E-state index contributed by atoms with van der Waals surface area (Å²) in [6, 6.07) is 8.80. The Labute approximate surface area is 126 Å². The van der Waals surface area contributed by atoms with Crippen LogP contribution in [-0.2, 0) is 0 Å². The normalized spacial score (nSPS) is 22.2. The highest BCUT2D eigenvalue weighted by molar-refractivity contribution is 5.90. The van der Waals surface area contributed by atoms with E-state index < -0.39 is 0 Å². The predicted molar refractivity (Wildman–Crippen MR) is 87.9 cm³/mol. The number of nitrogens with one attached hydrogen (secondary N) is 1. The molecular weight excluding hydrogens is 262 g/mol. The molecule has 0 aliphatic carbocycles. The molecule has 1 aliphatic heterocycles. The van der Waals surface area contributed by atoms with Crippen molar-refractivity contribution in [3.8, 4) is 0 Å². The Morgan fingerprint density at radius 2 is 1.95 bits per heavy atom. The van der Waals surface area contributed by atoms with Crippen molar-refractivity contribution in [2.45, 2.75) is 13.0 Å². The van der Waals surface area contributed by atoms with Crippen molar-refractivity contribution >= 4 is 22.7 Å². The number of anilines is 2. The van der Waals surface area contributed by atoms with E-state index in [-0.39, 0.29) is 0 Å². The summed E-state index contributed by atoms with van der Waals surface area (Å²) in [4.78, 5) is 14.0. The SMILES string of the molecule is CNc1nc(N2CC(C)C(N(C)C)C2)c2ccccc2n1. The molecular formula is C16H23N5. The van der Waals surface area contributed by atoms with Gasteiger partial charge in [0.15, 0.2) is 0 Å². The lowest BCUT2D eigenvalue weighted by Gasteiger charge is -2.23. The quantitative estimate of drug-likeness (QED) is 0.935. The summed E-state index contributed by atoms with van der Waals surface area (Å²) in [5.41, 5.74) is 0.993. The van der Waals surface area contributed by atoms with E-state index in [9.17, 15) is 0 Å². The van der Waals surface area contributed by atoms with E-state index in [1.54, 1.807) is 0 Å². The van der Waals surface area contributed by atoms with Crippen molar-refractivity contribution < 1.29 is 0 Å². The smallest absolute Gasteiger partial charge is 0.224 e. The summed E-state index contributed by atoms with van der Waals surface area (Å²) in [6.45, 7) is 4.36. The van der Waals surface area contributed by atoms with Crippen LogP contribution < -0.4 is 10.2 Å². The second-order valence-electron chi connectivity index (χ2n) is 6.05. The third-order valence-corrected chi connectivity index (χ3v) is 4.34. The molecule has 1 saturated heterocycles. The molecule has 1 aromatic carbocycles. The molecule has 0 spiro atoms. The van der Waals surface area contributed by atoms with Crippen molar-refractivity contribution in [3.05, 3.63) is 24.3 Å². The van der Waals surface area contributed by atoms with Crippen LogP contribution in [0.2, 0.25) is 0 Å². The fourth-order valence-corrected chi connectivity index (χ4v) is 3.21. The Morgan fingerprint density at radius 1 is 1.19 bits per heavy atom. The van der Waals surface area contributed by atoms with Gasteiger partial charge in [-0.2, -0.15) is 4.98 Å². The highest BCUT2D eigenvalue weighted by Gasteiger charge is 2.32. The van der Waals surface area contributed by atoms with Crippen molar-refractivity contribution in [1.29, 1.82) is 0 Å². The Morgan fingerprint density at radius 3 is 2.62 bits per heavy atom. The van der Waals surface area contributed by atoms with Gasteiger partial charge in [0.05, 0.1) is 5.52 Å². The maximum Gasteiger partial charge on any atom is 0.224 e. The Kier molecular flexibility index (Phi) is 3.68. The lowest BCUT2D eigenvalue weighted by atomic mass is 10.1. The van der Waals surface area contributed by atoms with E-state index in [1.165, 1.54) is 0 Å². The number of aromatic nitrogens is 2. The number of hydrogen-bond donors (Lipinski definition) is 1. The minimum Gasteiger partial charge on any atom is -0.357 e. The summed E-state index contributed by atoms with van der Waals surface area (Å²) in [5.74, 6) is 2.36. The third-order valence-electron chi connectivity index (χ3n) is 4.34. The second-order valence-corrected chi connectivity index (χ2v) is 6.05. The highest BCUT2D eigenvalue weighted by Crippen LogP contribution is 2.30. The molecule has 21 heavy (non-hydrogen) atoms. The first-order chi connectivity index (χ1) is 10.1. The van der Waals surface area contributed by atoms with Crippen molar-refractivity contribution in [2.75, 3.05) is 44.4 Å². The Balaban J connectivity index is 2.04. The summed E-state index contributed by atoms with van der Waals surface area (Å²) in [5, 5.41) is 4.20. The van der Waals surface area contributed by atoms with Crippen LogP contribution in [0.1, 0.15) is 6.92 Å². The van der Waals surface area contributed by atoms with Crippen LogP contribution in [0.5, 0.6) is 0 Å². The molecule has 1 aliphatic rings. The lowest BCUT2D eigenvalue weighted by molar-refractivity contribution is 0.266. The number of benzene rings is 1. The number of hydrogen-bond acceptors (Lipinski definition) is 5. The van der Waals surface area contributed by atoms with E-state index in [0.29, 0.717) is 17.9 Å². The van der Waals surface area contributed by atoms with Gasteiger partial charge in [0, 0.05) is 31.6 Å². The molecule has 112 valence electrons. The number of likely N-dealkylation sites (N-methyl/N-ethyl adjacent to an activating group) is 1. The molecule has 3 rings (SSSR count). The fraction of sp³-hybridized carbons (Fsp3) is 0.500. The summed E-state index contributed by atoms with van der Waals surface area (Å²) >= 11 is 0. The Hall–Kier alpha value is -1.88. The zero-order valence-corrected chi connectivity index (χ0v) is 13.2. The van der Waals surface area contributed by atoms with Crippen LogP contribution in [0.4, 0.5) is 11.8 Å². The molecule has 0 amide bonds. The molecule has 2 aromatic rings. The van der Waals surface area contributed by atoms with Crippen LogP contribution in [-0.4, -0.2) is 55.1 Å². The summed E-state index contributed by atoms with van der Waals surface area (Å²) < 4.78 is 0. The topological polar surface area (TPSA) is 44.3 Å². The van der Waals surface area contributed by atoms with Crippen molar-refractivity contribution in [2.24, 2.45) is 5.92 Å². The molecule has 5 nitrogen and oxygen atoms in total. The van der Waals surface area contributed by atoms with Crippen molar-refractivity contribution in [3.63, 3.8) is 0 Å². The summed E-state index contributed by atoms with van der Waals surface area (Å²) in [7, 11) is 6.17. The Bertz CT molecular complexity index is 640. The fourth-order valence-electron chi connectivity index (χ4n) is 3.21. The minimum atomic E-state index is 0.566. The molecule has 2 atom stereocenters. The van der Waals surface area contributed by atoms with Gasteiger partial charge in [-0.1, -0.05) is 19.1 Å². The van der Waals surface area contributed by atoms with Crippen LogP contribution >= 0.6 is 0 Å². The number of nitrogens with zero attached hydrogens (tertiary/aromatic N) is 4. The van der Waals surface area contributed by atoms with Gasteiger partial charge in [-0.15, -0.1) is 0 Å². The average molecular weight is 285 g/mol. The van der Waals surface area contributed by atoms with Gasteiger partial charge in [-0.25, -0.2) is 4.98 Å². The van der Waals surface area contributed by atoms with Crippen LogP contribution in [0.15, 0.2) is 24.3 Å². The van der Waals surface area contributed by atoms with Gasteiger partial charge in [0.1, 0.15) is 5.82 Å². The molecule has 0 saturated carbocycles. The van der Waals surface area contributed by atoms with E-state index in [4.69, 9.17) is 4.98 Å². The molecule has 2 unspecified atom stereocenters. The molecule has 5 heteroatoms. The molecule has 0 radical (unpaired) electrons. The molecule has 1 aromatic heterocycles. The molecule has 2 heterocycles. The first-order valence-corrected chi connectivity index (χ1v) is 7.46. The number of rotatable bonds is 3. The van der Waals surface area contributed by atoms with E-state index in [0.717, 1.165) is 29.8 Å². The van der Waals surface area contributed by atoms with Crippen molar-refractivity contribution in [1.82, 2.24) is 14.9 Å². The third kappa shape index (κ3) is 2.53. The molecule has 1 N–H and O–H groups in total. The van der Waals surface area contributed by atoms with E-state index in [2.05, 4.69) is 53.3 Å².